The summed E-state index contributed by atoms with van der Waals surface area (Å²) in [6.45, 7) is 2.74. The first kappa shape index (κ1) is 15.9. The summed E-state index contributed by atoms with van der Waals surface area (Å²) in [5, 5.41) is 11.3. The molecule has 1 fully saturated rings. The Morgan fingerprint density at radius 2 is 2.17 bits per heavy atom. The molecule has 1 N–H and O–H groups in total. The second-order valence-corrected chi connectivity index (χ2v) is 6.26. The molecule has 2 aromatic rings. The molecule has 1 aliphatic carbocycles. The zero-order valence-electron chi connectivity index (χ0n) is 12.6. The van der Waals surface area contributed by atoms with E-state index in [0.717, 1.165) is 43.4 Å². The molecule has 122 valence electrons. The van der Waals surface area contributed by atoms with Crippen LogP contribution in [0.25, 0.3) is 0 Å². The standard InChI is InChI=1S/C15H16F2N4OS/c1-2-21-14(9-3-4-9)19-20-15(21)23-8-13(22)18-12-7-10(16)5-6-11(12)17/h5-7,9H,2-4,8H2,1H3,(H,18,22). The zero-order valence-corrected chi connectivity index (χ0v) is 13.4. The lowest BCUT2D eigenvalue weighted by atomic mass is 10.3. The lowest BCUT2D eigenvalue weighted by molar-refractivity contribution is -0.113. The van der Waals surface area contributed by atoms with Crippen molar-refractivity contribution < 1.29 is 13.6 Å². The Kier molecular flexibility index (Phi) is 4.61. The quantitative estimate of drug-likeness (QED) is 0.822. The maximum atomic E-state index is 13.5. The van der Waals surface area contributed by atoms with E-state index in [1.54, 1.807) is 0 Å². The van der Waals surface area contributed by atoms with Gasteiger partial charge < -0.3 is 9.88 Å². The number of halogens is 2. The van der Waals surface area contributed by atoms with Crippen LogP contribution in [0.4, 0.5) is 14.5 Å². The molecule has 0 aliphatic heterocycles. The van der Waals surface area contributed by atoms with Gasteiger partial charge in [0.25, 0.3) is 0 Å². The first-order valence-corrected chi connectivity index (χ1v) is 8.38. The van der Waals surface area contributed by atoms with Gasteiger partial charge in [0.15, 0.2) is 5.16 Å². The largest absolute Gasteiger partial charge is 0.323 e. The van der Waals surface area contributed by atoms with Crippen molar-refractivity contribution in [3.63, 3.8) is 0 Å². The number of amides is 1. The monoisotopic (exact) mass is 338 g/mol. The van der Waals surface area contributed by atoms with Gasteiger partial charge in [-0.05, 0) is 31.9 Å². The van der Waals surface area contributed by atoms with Gasteiger partial charge in [-0.25, -0.2) is 8.78 Å². The summed E-state index contributed by atoms with van der Waals surface area (Å²) in [6.07, 6.45) is 2.25. The van der Waals surface area contributed by atoms with Gasteiger partial charge in [0, 0.05) is 18.5 Å². The molecule has 8 heteroatoms. The molecule has 0 spiro atoms. The fourth-order valence-corrected chi connectivity index (χ4v) is 3.07. The third kappa shape index (κ3) is 3.69. The van der Waals surface area contributed by atoms with Gasteiger partial charge in [-0.2, -0.15) is 0 Å². The van der Waals surface area contributed by atoms with Crippen molar-refractivity contribution in [1.82, 2.24) is 14.8 Å². The molecule has 0 atom stereocenters. The van der Waals surface area contributed by atoms with E-state index in [-0.39, 0.29) is 11.4 Å². The highest BCUT2D eigenvalue weighted by molar-refractivity contribution is 7.99. The molecule has 1 aromatic carbocycles. The van der Waals surface area contributed by atoms with Crippen LogP contribution < -0.4 is 5.32 Å². The maximum absolute atomic E-state index is 13.5. The Hall–Kier alpha value is -1.96. The van der Waals surface area contributed by atoms with Crippen molar-refractivity contribution >= 4 is 23.4 Å². The van der Waals surface area contributed by atoms with E-state index in [0.29, 0.717) is 11.1 Å². The van der Waals surface area contributed by atoms with Crippen LogP contribution in [0.15, 0.2) is 23.4 Å². The van der Waals surface area contributed by atoms with Crippen LogP contribution in [0, 0.1) is 11.6 Å². The predicted octanol–water partition coefficient (Wildman–Crippen LogP) is 3.18. The first-order valence-electron chi connectivity index (χ1n) is 7.39. The fourth-order valence-electron chi connectivity index (χ4n) is 2.26. The summed E-state index contributed by atoms with van der Waals surface area (Å²) in [5.41, 5.74) is -0.161. The molecule has 0 unspecified atom stereocenters. The molecule has 1 aromatic heterocycles. The average molecular weight is 338 g/mol. The summed E-state index contributed by atoms with van der Waals surface area (Å²) < 4.78 is 28.6. The number of carbonyl (C=O) groups excluding carboxylic acids is 1. The summed E-state index contributed by atoms with van der Waals surface area (Å²) in [7, 11) is 0. The Balaban J connectivity index is 1.62. The predicted molar refractivity (Wildman–Crippen MR) is 83.4 cm³/mol. The minimum Gasteiger partial charge on any atom is -0.323 e. The highest BCUT2D eigenvalue weighted by Crippen LogP contribution is 2.39. The van der Waals surface area contributed by atoms with E-state index in [4.69, 9.17) is 0 Å². The molecule has 0 bridgehead atoms. The summed E-state index contributed by atoms with van der Waals surface area (Å²) >= 11 is 1.24. The molecule has 3 rings (SSSR count). The smallest absolute Gasteiger partial charge is 0.234 e. The maximum Gasteiger partial charge on any atom is 0.234 e. The first-order chi connectivity index (χ1) is 11.1. The van der Waals surface area contributed by atoms with Crippen molar-refractivity contribution in [3.05, 3.63) is 35.7 Å². The van der Waals surface area contributed by atoms with E-state index in [1.807, 2.05) is 11.5 Å². The molecule has 0 radical (unpaired) electrons. The number of hydrogen-bond acceptors (Lipinski definition) is 4. The number of anilines is 1. The van der Waals surface area contributed by atoms with Crippen molar-refractivity contribution in [2.24, 2.45) is 0 Å². The van der Waals surface area contributed by atoms with Gasteiger partial charge in [-0.1, -0.05) is 11.8 Å². The summed E-state index contributed by atoms with van der Waals surface area (Å²) in [5.74, 6) is -0.193. The topological polar surface area (TPSA) is 59.8 Å². The number of hydrogen-bond donors (Lipinski definition) is 1. The van der Waals surface area contributed by atoms with Gasteiger partial charge in [0.05, 0.1) is 11.4 Å². The minimum absolute atomic E-state index is 0.0543. The van der Waals surface area contributed by atoms with Gasteiger partial charge in [-0.3, -0.25) is 4.79 Å². The molecule has 1 amide bonds. The van der Waals surface area contributed by atoms with E-state index in [9.17, 15) is 13.6 Å². The summed E-state index contributed by atoms with van der Waals surface area (Å²) in [6, 6.07) is 2.94. The average Bonchev–Trinajstić information content (AvgIpc) is 3.29. The van der Waals surface area contributed by atoms with E-state index < -0.39 is 17.5 Å². The van der Waals surface area contributed by atoms with Gasteiger partial charge in [-0.15, -0.1) is 10.2 Å². The number of nitrogens with zero attached hydrogens (tertiary/aromatic N) is 3. The molecule has 1 aliphatic rings. The lowest BCUT2D eigenvalue weighted by Crippen LogP contribution is -2.16. The van der Waals surface area contributed by atoms with Crippen molar-refractivity contribution in [1.29, 1.82) is 0 Å². The van der Waals surface area contributed by atoms with E-state index in [1.165, 1.54) is 11.8 Å². The minimum atomic E-state index is -0.669. The third-order valence-corrected chi connectivity index (χ3v) is 4.51. The van der Waals surface area contributed by atoms with Crippen LogP contribution in [-0.4, -0.2) is 26.4 Å². The Morgan fingerprint density at radius 3 is 2.87 bits per heavy atom. The van der Waals surface area contributed by atoms with Crippen LogP contribution in [0.5, 0.6) is 0 Å². The van der Waals surface area contributed by atoms with Gasteiger partial charge in [0.2, 0.25) is 5.91 Å². The molecule has 0 saturated heterocycles. The number of thioether (sulfide) groups is 1. The molecular weight excluding hydrogens is 322 g/mol. The van der Waals surface area contributed by atoms with Crippen LogP contribution >= 0.6 is 11.8 Å². The van der Waals surface area contributed by atoms with Gasteiger partial charge in [0.1, 0.15) is 17.5 Å². The fraction of sp³-hybridized carbons (Fsp3) is 0.400. The third-order valence-electron chi connectivity index (χ3n) is 3.54. The molecular formula is C15H16F2N4OS. The Labute approximate surface area is 136 Å². The van der Waals surface area contributed by atoms with Crippen LogP contribution in [0.1, 0.15) is 31.5 Å². The lowest BCUT2D eigenvalue weighted by Gasteiger charge is -2.08. The number of carbonyl (C=O) groups is 1. The van der Waals surface area contributed by atoms with Crippen molar-refractivity contribution in [3.8, 4) is 0 Å². The second kappa shape index (κ2) is 6.66. The van der Waals surface area contributed by atoms with Crippen LogP contribution in [0.2, 0.25) is 0 Å². The SMILES string of the molecule is CCn1c(SCC(=O)Nc2cc(F)ccc2F)nnc1C1CC1. The zero-order chi connectivity index (χ0) is 16.4. The van der Waals surface area contributed by atoms with Crippen LogP contribution in [0.3, 0.4) is 0 Å². The van der Waals surface area contributed by atoms with Crippen LogP contribution in [-0.2, 0) is 11.3 Å². The van der Waals surface area contributed by atoms with Crippen molar-refractivity contribution in [2.75, 3.05) is 11.1 Å². The summed E-state index contributed by atoms with van der Waals surface area (Å²) in [4.78, 5) is 11.9. The Morgan fingerprint density at radius 1 is 1.39 bits per heavy atom. The van der Waals surface area contributed by atoms with E-state index in [2.05, 4.69) is 15.5 Å². The normalized spacial score (nSPS) is 14.0. The number of aromatic nitrogens is 3. The van der Waals surface area contributed by atoms with Crippen molar-refractivity contribution in [2.45, 2.75) is 37.4 Å². The molecule has 5 nitrogen and oxygen atoms in total. The molecule has 1 heterocycles. The highest BCUT2D eigenvalue weighted by atomic mass is 32.2. The molecule has 1 saturated carbocycles. The van der Waals surface area contributed by atoms with E-state index >= 15 is 0 Å². The number of benzene rings is 1. The Bertz CT molecular complexity index is 730. The number of rotatable bonds is 6. The number of nitrogens with one attached hydrogen (secondary N) is 1. The second-order valence-electron chi connectivity index (χ2n) is 5.32. The van der Waals surface area contributed by atoms with Gasteiger partial charge >= 0.3 is 0 Å². The molecule has 23 heavy (non-hydrogen) atoms. The highest BCUT2D eigenvalue weighted by Gasteiger charge is 2.30.